The van der Waals surface area contributed by atoms with Gasteiger partial charge in [0.05, 0.1) is 0 Å². The van der Waals surface area contributed by atoms with E-state index in [1.165, 1.54) is 17.5 Å². The lowest BCUT2D eigenvalue weighted by Gasteiger charge is -2.22. The van der Waals surface area contributed by atoms with E-state index < -0.39 is 0 Å². The van der Waals surface area contributed by atoms with E-state index in [2.05, 4.69) is 44.3 Å². The number of anilines is 1. The van der Waals surface area contributed by atoms with E-state index in [1.807, 2.05) is 4.90 Å². The van der Waals surface area contributed by atoms with Gasteiger partial charge in [0.25, 0.3) is 0 Å². The minimum Gasteiger partial charge on any atom is -0.316 e. The lowest BCUT2D eigenvalue weighted by molar-refractivity contribution is -0.118. The van der Waals surface area contributed by atoms with Crippen molar-refractivity contribution in [3.05, 3.63) is 29.3 Å². The highest BCUT2D eigenvalue weighted by atomic mass is 16.2. The summed E-state index contributed by atoms with van der Waals surface area (Å²) in [6.45, 7) is 9.76. The van der Waals surface area contributed by atoms with Crippen molar-refractivity contribution >= 4 is 11.6 Å². The summed E-state index contributed by atoms with van der Waals surface area (Å²) in [4.78, 5) is 14.6. The Balaban J connectivity index is 1.67. The number of carbonyl (C=O) groups is 1. The van der Waals surface area contributed by atoms with Gasteiger partial charge in [0.1, 0.15) is 0 Å². The van der Waals surface area contributed by atoms with E-state index in [0.717, 1.165) is 38.2 Å². The number of hydrogen-bond donors (Lipinski definition) is 1. The standard InChI is InChI=1S/C19H28N2O/c1-19(2,3)16-5-6-17-15(12-16)9-11-21(17)18(22)7-4-14-8-10-20-13-14/h5-6,12,14,20H,4,7-11,13H2,1-3H3. The van der Waals surface area contributed by atoms with Crippen LogP contribution in [0.25, 0.3) is 0 Å². The van der Waals surface area contributed by atoms with Crippen molar-refractivity contribution in [2.45, 2.75) is 51.9 Å². The minimum atomic E-state index is 0.169. The Morgan fingerprint density at radius 1 is 1.36 bits per heavy atom. The Kier molecular flexibility index (Phi) is 4.26. The predicted molar refractivity (Wildman–Crippen MR) is 91.4 cm³/mol. The number of nitrogens with zero attached hydrogens (tertiary/aromatic N) is 1. The lowest BCUT2D eigenvalue weighted by atomic mass is 9.86. The van der Waals surface area contributed by atoms with Crippen LogP contribution in [-0.2, 0) is 16.6 Å². The van der Waals surface area contributed by atoms with E-state index in [9.17, 15) is 4.79 Å². The zero-order valence-electron chi connectivity index (χ0n) is 14.1. The van der Waals surface area contributed by atoms with E-state index in [4.69, 9.17) is 0 Å². The van der Waals surface area contributed by atoms with Crippen LogP contribution in [0.3, 0.4) is 0 Å². The van der Waals surface area contributed by atoms with Crippen molar-refractivity contribution in [2.75, 3.05) is 24.5 Å². The summed E-state index contributed by atoms with van der Waals surface area (Å²) in [7, 11) is 0. The van der Waals surface area contributed by atoms with Crippen molar-refractivity contribution < 1.29 is 4.79 Å². The highest BCUT2D eigenvalue weighted by Crippen LogP contribution is 2.33. The van der Waals surface area contributed by atoms with Gasteiger partial charge in [0, 0.05) is 18.7 Å². The summed E-state index contributed by atoms with van der Waals surface area (Å²) in [5, 5.41) is 3.38. The third-order valence-electron chi connectivity index (χ3n) is 5.07. The summed E-state index contributed by atoms with van der Waals surface area (Å²) < 4.78 is 0. The maximum Gasteiger partial charge on any atom is 0.227 e. The molecular formula is C19H28N2O. The molecule has 1 aromatic carbocycles. The Morgan fingerprint density at radius 2 is 2.18 bits per heavy atom. The van der Waals surface area contributed by atoms with Crippen LogP contribution in [-0.4, -0.2) is 25.5 Å². The molecule has 0 aromatic heterocycles. The summed E-state index contributed by atoms with van der Waals surface area (Å²) >= 11 is 0. The number of amides is 1. The quantitative estimate of drug-likeness (QED) is 0.929. The van der Waals surface area contributed by atoms with E-state index >= 15 is 0 Å². The second kappa shape index (κ2) is 6.04. The van der Waals surface area contributed by atoms with Crippen LogP contribution in [0.4, 0.5) is 5.69 Å². The normalized spacial score (nSPS) is 21.2. The molecule has 0 radical (unpaired) electrons. The van der Waals surface area contributed by atoms with Crippen molar-refractivity contribution in [2.24, 2.45) is 5.92 Å². The van der Waals surface area contributed by atoms with Gasteiger partial charge in [-0.1, -0.05) is 32.9 Å². The van der Waals surface area contributed by atoms with E-state index in [0.29, 0.717) is 18.2 Å². The maximum absolute atomic E-state index is 12.6. The number of carbonyl (C=O) groups excluding carboxylic acids is 1. The third-order valence-corrected chi connectivity index (χ3v) is 5.07. The first-order valence-electron chi connectivity index (χ1n) is 8.59. The molecule has 1 N–H and O–H groups in total. The molecule has 2 aliphatic heterocycles. The second-order valence-corrected chi connectivity index (χ2v) is 7.79. The molecule has 1 atom stereocenters. The topological polar surface area (TPSA) is 32.3 Å². The first-order valence-corrected chi connectivity index (χ1v) is 8.59. The van der Waals surface area contributed by atoms with Gasteiger partial charge in [0.15, 0.2) is 0 Å². The highest BCUT2D eigenvalue weighted by molar-refractivity contribution is 5.95. The highest BCUT2D eigenvalue weighted by Gasteiger charge is 2.27. The molecule has 0 spiro atoms. The van der Waals surface area contributed by atoms with Crippen molar-refractivity contribution in [1.82, 2.24) is 5.32 Å². The maximum atomic E-state index is 12.6. The van der Waals surface area contributed by atoms with Crippen molar-refractivity contribution in [1.29, 1.82) is 0 Å². The molecule has 120 valence electrons. The molecule has 2 aliphatic rings. The van der Waals surface area contributed by atoms with Gasteiger partial charge in [-0.15, -0.1) is 0 Å². The number of rotatable bonds is 3. The molecule has 0 bridgehead atoms. The van der Waals surface area contributed by atoms with Crippen LogP contribution in [0, 0.1) is 5.92 Å². The Morgan fingerprint density at radius 3 is 2.86 bits per heavy atom. The second-order valence-electron chi connectivity index (χ2n) is 7.79. The molecule has 1 aromatic rings. The Bertz CT molecular complexity index is 553. The fourth-order valence-corrected chi connectivity index (χ4v) is 3.55. The predicted octanol–water partition coefficient (Wildman–Crippen LogP) is 3.26. The van der Waals surface area contributed by atoms with Gasteiger partial charge in [0.2, 0.25) is 5.91 Å². The van der Waals surface area contributed by atoms with Crippen LogP contribution in [0.1, 0.15) is 51.2 Å². The average molecular weight is 300 g/mol. The van der Waals surface area contributed by atoms with Gasteiger partial charge in [-0.3, -0.25) is 4.79 Å². The summed E-state index contributed by atoms with van der Waals surface area (Å²) in [5.74, 6) is 0.989. The number of benzene rings is 1. The number of fused-ring (bicyclic) bond motifs is 1. The van der Waals surface area contributed by atoms with Crippen molar-refractivity contribution in [3.63, 3.8) is 0 Å². The first-order chi connectivity index (χ1) is 10.4. The molecule has 22 heavy (non-hydrogen) atoms. The van der Waals surface area contributed by atoms with Crippen molar-refractivity contribution in [3.8, 4) is 0 Å². The summed E-state index contributed by atoms with van der Waals surface area (Å²) in [6.07, 6.45) is 3.93. The summed E-state index contributed by atoms with van der Waals surface area (Å²) in [5.41, 5.74) is 4.01. The van der Waals surface area contributed by atoms with Crippen LogP contribution >= 0.6 is 0 Å². The molecule has 2 heterocycles. The molecule has 0 saturated carbocycles. The Hall–Kier alpha value is -1.35. The molecule has 1 saturated heterocycles. The third kappa shape index (κ3) is 3.19. The van der Waals surface area contributed by atoms with Gasteiger partial charge in [-0.25, -0.2) is 0 Å². The van der Waals surface area contributed by atoms with Gasteiger partial charge in [-0.05, 0) is 60.9 Å². The molecule has 3 nitrogen and oxygen atoms in total. The molecule has 0 aliphatic carbocycles. The molecule has 1 amide bonds. The van der Waals surface area contributed by atoms with Gasteiger partial charge in [-0.2, -0.15) is 0 Å². The molecule has 3 heteroatoms. The zero-order chi connectivity index (χ0) is 15.7. The van der Waals surface area contributed by atoms with Gasteiger partial charge >= 0.3 is 0 Å². The van der Waals surface area contributed by atoms with Gasteiger partial charge < -0.3 is 10.2 Å². The molecule has 3 rings (SSSR count). The SMILES string of the molecule is CC(C)(C)c1ccc2c(c1)CCN2C(=O)CCC1CCNC1. The molecule has 1 fully saturated rings. The fourth-order valence-electron chi connectivity index (χ4n) is 3.55. The number of hydrogen-bond acceptors (Lipinski definition) is 2. The van der Waals surface area contributed by atoms with Crippen LogP contribution in [0.15, 0.2) is 18.2 Å². The van der Waals surface area contributed by atoms with Crippen LogP contribution < -0.4 is 10.2 Å². The number of nitrogens with one attached hydrogen (secondary N) is 1. The first kappa shape index (κ1) is 15.5. The summed E-state index contributed by atoms with van der Waals surface area (Å²) in [6, 6.07) is 6.63. The van der Waals surface area contributed by atoms with E-state index in [1.54, 1.807) is 0 Å². The zero-order valence-corrected chi connectivity index (χ0v) is 14.1. The van der Waals surface area contributed by atoms with E-state index in [-0.39, 0.29) is 5.41 Å². The Labute approximate surface area is 134 Å². The average Bonchev–Trinajstić information content (AvgIpc) is 3.12. The smallest absolute Gasteiger partial charge is 0.227 e. The molecular weight excluding hydrogens is 272 g/mol. The minimum absolute atomic E-state index is 0.169. The van der Waals surface area contributed by atoms with Crippen LogP contribution in [0.2, 0.25) is 0 Å². The monoisotopic (exact) mass is 300 g/mol. The van der Waals surface area contributed by atoms with Crippen LogP contribution in [0.5, 0.6) is 0 Å². The largest absolute Gasteiger partial charge is 0.316 e. The fraction of sp³-hybridized carbons (Fsp3) is 0.632. The molecule has 1 unspecified atom stereocenters. The lowest BCUT2D eigenvalue weighted by Crippen LogP contribution is -2.29.